The SMILES string of the molecule is CCOC(=O)c1c(C)[nH]c2c(-c3cc(C(F)(F)F)ccc3OCC)ncnc12. The van der Waals surface area contributed by atoms with Gasteiger partial charge in [-0.2, -0.15) is 13.2 Å². The number of nitrogens with one attached hydrogen (secondary N) is 1. The van der Waals surface area contributed by atoms with Gasteiger partial charge in [0, 0.05) is 11.3 Å². The molecule has 0 atom stereocenters. The zero-order valence-corrected chi connectivity index (χ0v) is 15.5. The fourth-order valence-corrected chi connectivity index (χ4v) is 2.95. The lowest BCUT2D eigenvalue weighted by Crippen LogP contribution is -2.07. The predicted molar refractivity (Wildman–Crippen MR) is 96.2 cm³/mol. The van der Waals surface area contributed by atoms with E-state index < -0.39 is 17.7 Å². The van der Waals surface area contributed by atoms with Crippen molar-refractivity contribution in [1.29, 1.82) is 0 Å². The number of benzene rings is 1. The number of esters is 1. The molecule has 0 saturated carbocycles. The minimum atomic E-state index is -4.52. The number of H-pyrrole nitrogens is 1. The van der Waals surface area contributed by atoms with Crippen molar-refractivity contribution in [2.45, 2.75) is 26.9 Å². The summed E-state index contributed by atoms with van der Waals surface area (Å²) in [6.45, 7) is 5.52. The number of ether oxygens (including phenoxy) is 2. The number of carbonyl (C=O) groups is 1. The second kappa shape index (κ2) is 7.49. The van der Waals surface area contributed by atoms with Crippen LogP contribution in [0.15, 0.2) is 24.5 Å². The molecule has 0 aliphatic heterocycles. The number of hydrogen-bond acceptors (Lipinski definition) is 5. The van der Waals surface area contributed by atoms with E-state index in [1.807, 2.05) is 0 Å². The Morgan fingerprint density at radius 2 is 1.93 bits per heavy atom. The zero-order chi connectivity index (χ0) is 20.5. The van der Waals surface area contributed by atoms with E-state index in [-0.39, 0.29) is 41.3 Å². The lowest BCUT2D eigenvalue weighted by molar-refractivity contribution is -0.137. The van der Waals surface area contributed by atoms with Gasteiger partial charge >= 0.3 is 12.1 Å². The number of carbonyl (C=O) groups excluding carboxylic acids is 1. The Labute approximate surface area is 158 Å². The number of aromatic nitrogens is 3. The van der Waals surface area contributed by atoms with E-state index in [0.29, 0.717) is 11.2 Å². The van der Waals surface area contributed by atoms with Gasteiger partial charge in [-0.25, -0.2) is 14.8 Å². The number of halogens is 3. The molecular formula is C19H18F3N3O3. The van der Waals surface area contributed by atoms with Gasteiger partial charge in [-0.15, -0.1) is 0 Å². The van der Waals surface area contributed by atoms with Gasteiger partial charge in [0.2, 0.25) is 0 Å². The number of fused-ring (bicyclic) bond motifs is 1. The number of hydrogen-bond donors (Lipinski definition) is 1. The second-order valence-electron chi connectivity index (χ2n) is 5.93. The minimum absolute atomic E-state index is 0.153. The van der Waals surface area contributed by atoms with E-state index in [9.17, 15) is 18.0 Å². The largest absolute Gasteiger partial charge is 0.493 e. The highest BCUT2D eigenvalue weighted by Crippen LogP contribution is 2.39. The summed E-state index contributed by atoms with van der Waals surface area (Å²) in [4.78, 5) is 23.6. The Kier molecular flexibility index (Phi) is 5.26. The van der Waals surface area contributed by atoms with Crippen molar-refractivity contribution in [3.05, 3.63) is 41.3 Å². The predicted octanol–water partition coefficient (Wildman–Crippen LogP) is 4.53. The summed E-state index contributed by atoms with van der Waals surface area (Å²) in [5, 5.41) is 0. The number of aromatic amines is 1. The molecule has 3 aromatic rings. The molecule has 0 unspecified atom stereocenters. The van der Waals surface area contributed by atoms with Gasteiger partial charge in [0.15, 0.2) is 0 Å². The van der Waals surface area contributed by atoms with Crippen molar-refractivity contribution in [2.75, 3.05) is 13.2 Å². The van der Waals surface area contributed by atoms with Crippen LogP contribution in [0, 0.1) is 6.92 Å². The van der Waals surface area contributed by atoms with E-state index in [4.69, 9.17) is 9.47 Å². The molecule has 28 heavy (non-hydrogen) atoms. The average Bonchev–Trinajstić information content (AvgIpc) is 2.97. The van der Waals surface area contributed by atoms with Gasteiger partial charge in [0.05, 0.1) is 24.3 Å². The van der Waals surface area contributed by atoms with E-state index in [2.05, 4.69) is 15.0 Å². The monoisotopic (exact) mass is 393 g/mol. The maximum Gasteiger partial charge on any atom is 0.416 e. The molecule has 2 heterocycles. The lowest BCUT2D eigenvalue weighted by atomic mass is 10.0. The first kappa shape index (κ1) is 19.7. The Hall–Kier alpha value is -3.10. The third kappa shape index (κ3) is 3.51. The minimum Gasteiger partial charge on any atom is -0.493 e. The maximum atomic E-state index is 13.2. The van der Waals surface area contributed by atoms with Crippen molar-refractivity contribution >= 4 is 17.0 Å². The molecule has 6 nitrogen and oxygen atoms in total. The van der Waals surface area contributed by atoms with Crippen LogP contribution in [-0.4, -0.2) is 34.1 Å². The summed E-state index contributed by atoms with van der Waals surface area (Å²) < 4.78 is 50.2. The molecule has 148 valence electrons. The second-order valence-corrected chi connectivity index (χ2v) is 5.93. The van der Waals surface area contributed by atoms with Gasteiger partial charge in [-0.1, -0.05) is 0 Å². The summed E-state index contributed by atoms with van der Waals surface area (Å²) in [6.07, 6.45) is -3.32. The normalized spacial score (nSPS) is 11.6. The Morgan fingerprint density at radius 3 is 2.57 bits per heavy atom. The highest BCUT2D eigenvalue weighted by atomic mass is 19.4. The molecule has 0 aliphatic carbocycles. The highest BCUT2D eigenvalue weighted by Gasteiger charge is 2.32. The van der Waals surface area contributed by atoms with Crippen molar-refractivity contribution in [3.63, 3.8) is 0 Å². The van der Waals surface area contributed by atoms with Gasteiger partial charge < -0.3 is 14.5 Å². The summed E-state index contributed by atoms with van der Waals surface area (Å²) in [7, 11) is 0. The molecule has 0 fully saturated rings. The van der Waals surface area contributed by atoms with Crippen LogP contribution in [0.2, 0.25) is 0 Å². The van der Waals surface area contributed by atoms with Crippen LogP contribution < -0.4 is 4.74 Å². The molecule has 1 aromatic carbocycles. The van der Waals surface area contributed by atoms with E-state index in [1.165, 1.54) is 12.4 Å². The molecule has 0 spiro atoms. The molecule has 0 saturated heterocycles. The molecule has 9 heteroatoms. The number of alkyl halides is 3. The molecule has 0 bridgehead atoms. The first-order chi connectivity index (χ1) is 13.3. The third-order valence-electron chi connectivity index (χ3n) is 4.11. The fraction of sp³-hybridized carbons (Fsp3) is 0.316. The van der Waals surface area contributed by atoms with Crippen LogP contribution in [-0.2, 0) is 10.9 Å². The van der Waals surface area contributed by atoms with E-state index in [1.54, 1.807) is 20.8 Å². The van der Waals surface area contributed by atoms with Crippen LogP contribution in [0.25, 0.3) is 22.3 Å². The van der Waals surface area contributed by atoms with Crippen LogP contribution in [0.5, 0.6) is 5.75 Å². The Bertz CT molecular complexity index is 1030. The van der Waals surface area contributed by atoms with Crippen molar-refractivity contribution in [3.8, 4) is 17.0 Å². The van der Waals surface area contributed by atoms with Crippen molar-refractivity contribution in [2.24, 2.45) is 0 Å². The maximum absolute atomic E-state index is 13.2. The average molecular weight is 393 g/mol. The Morgan fingerprint density at radius 1 is 1.18 bits per heavy atom. The van der Waals surface area contributed by atoms with Crippen molar-refractivity contribution in [1.82, 2.24) is 15.0 Å². The number of rotatable bonds is 5. The van der Waals surface area contributed by atoms with Crippen LogP contribution in [0.1, 0.15) is 35.5 Å². The molecule has 0 amide bonds. The van der Waals surface area contributed by atoms with Crippen LogP contribution in [0.4, 0.5) is 13.2 Å². The van der Waals surface area contributed by atoms with E-state index in [0.717, 1.165) is 12.1 Å². The molecule has 1 N–H and O–H groups in total. The lowest BCUT2D eigenvalue weighted by Gasteiger charge is -2.14. The van der Waals surface area contributed by atoms with E-state index >= 15 is 0 Å². The smallest absolute Gasteiger partial charge is 0.416 e. The standard InChI is InChI=1S/C19H18F3N3O3/c1-4-27-13-7-6-11(19(20,21)22)8-12(13)15-17-16(24-9-23-15)14(10(3)25-17)18(26)28-5-2/h6-9,25H,4-5H2,1-3H3. The summed E-state index contributed by atoms with van der Waals surface area (Å²) in [5.41, 5.74) is 0.861. The fourth-order valence-electron chi connectivity index (χ4n) is 2.95. The molecule has 0 aliphatic rings. The molecule has 3 rings (SSSR count). The first-order valence-corrected chi connectivity index (χ1v) is 8.62. The first-order valence-electron chi connectivity index (χ1n) is 8.62. The number of aryl methyl sites for hydroxylation is 1. The van der Waals surface area contributed by atoms with Crippen LogP contribution >= 0.6 is 0 Å². The number of nitrogens with zero attached hydrogens (tertiary/aromatic N) is 2. The summed E-state index contributed by atoms with van der Waals surface area (Å²) in [6, 6.07) is 3.20. The molecular weight excluding hydrogens is 375 g/mol. The molecule has 0 radical (unpaired) electrons. The topological polar surface area (TPSA) is 77.1 Å². The highest BCUT2D eigenvalue weighted by molar-refractivity contribution is 6.07. The molecule has 2 aromatic heterocycles. The Balaban J connectivity index is 2.27. The van der Waals surface area contributed by atoms with Gasteiger partial charge in [0.1, 0.15) is 28.9 Å². The quantitative estimate of drug-likeness (QED) is 0.645. The third-order valence-corrected chi connectivity index (χ3v) is 4.11. The summed E-state index contributed by atoms with van der Waals surface area (Å²) >= 11 is 0. The van der Waals surface area contributed by atoms with Gasteiger partial charge in [-0.3, -0.25) is 0 Å². The van der Waals surface area contributed by atoms with Gasteiger partial charge in [0.25, 0.3) is 0 Å². The van der Waals surface area contributed by atoms with Crippen molar-refractivity contribution < 1.29 is 27.4 Å². The van der Waals surface area contributed by atoms with Gasteiger partial charge in [-0.05, 0) is 39.0 Å². The van der Waals surface area contributed by atoms with Crippen LogP contribution in [0.3, 0.4) is 0 Å². The zero-order valence-electron chi connectivity index (χ0n) is 15.5. The summed E-state index contributed by atoms with van der Waals surface area (Å²) in [5.74, 6) is -0.314.